The minimum Gasteiger partial charge on any atom is -0.342 e. The Morgan fingerprint density at radius 3 is 3.00 bits per heavy atom. The maximum absolute atomic E-state index is 12.9. The summed E-state index contributed by atoms with van der Waals surface area (Å²) in [7, 11) is 0. The third kappa shape index (κ3) is 3.35. The van der Waals surface area contributed by atoms with Crippen molar-refractivity contribution < 1.29 is 4.79 Å². The first-order valence-corrected chi connectivity index (χ1v) is 10.8. The molecule has 1 atom stereocenters. The fourth-order valence-corrected chi connectivity index (χ4v) is 4.98. The first-order valence-electron chi connectivity index (χ1n) is 9.95. The summed E-state index contributed by atoms with van der Waals surface area (Å²) >= 11 is 1.66. The van der Waals surface area contributed by atoms with Gasteiger partial charge in [0.25, 0.3) is 0 Å². The zero-order valence-corrected chi connectivity index (χ0v) is 17.4. The quantitative estimate of drug-likeness (QED) is 0.517. The van der Waals surface area contributed by atoms with Crippen LogP contribution < -0.4 is 0 Å². The highest BCUT2D eigenvalue weighted by Gasteiger charge is 2.26. The summed E-state index contributed by atoms with van der Waals surface area (Å²) in [5.41, 5.74) is 3.96. The summed E-state index contributed by atoms with van der Waals surface area (Å²) < 4.78 is 2.06. The van der Waals surface area contributed by atoms with Crippen LogP contribution in [0.1, 0.15) is 40.8 Å². The molecule has 3 aromatic heterocycles. The number of benzene rings is 1. The van der Waals surface area contributed by atoms with Gasteiger partial charge in [-0.3, -0.25) is 9.20 Å². The lowest BCUT2D eigenvalue weighted by Crippen LogP contribution is -2.38. The predicted molar refractivity (Wildman–Crippen MR) is 116 cm³/mol. The van der Waals surface area contributed by atoms with Crippen LogP contribution in [-0.2, 0) is 4.79 Å². The number of thiazole rings is 1. The number of carbonyl (C=O) groups excluding carboxylic acids is 1. The lowest BCUT2D eigenvalue weighted by atomic mass is 9.97. The lowest BCUT2D eigenvalue weighted by molar-refractivity contribution is -0.127. The molecule has 0 radical (unpaired) electrons. The Bertz CT molecular complexity index is 1200. The highest BCUT2D eigenvalue weighted by molar-refractivity contribution is 7.17. The molecule has 1 aliphatic heterocycles. The number of carbonyl (C=O) groups is 1. The average molecular weight is 406 g/mol. The van der Waals surface area contributed by atoms with Gasteiger partial charge in [-0.2, -0.15) is 0 Å². The van der Waals surface area contributed by atoms with Crippen molar-refractivity contribution in [2.45, 2.75) is 32.6 Å². The molecule has 1 aliphatic rings. The van der Waals surface area contributed by atoms with Gasteiger partial charge in [0.15, 0.2) is 4.96 Å². The van der Waals surface area contributed by atoms with Gasteiger partial charge in [0.2, 0.25) is 5.91 Å². The highest BCUT2D eigenvalue weighted by atomic mass is 32.1. The number of para-hydroxylation sites is 2. The molecule has 4 aromatic rings. The number of aromatic amines is 1. The van der Waals surface area contributed by atoms with Crippen LogP contribution in [0, 0.1) is 13.8 Å². The van der Waals surface area contributed by atoms with E-state index < -0.39 is 0 Å². The molecule has 1 aromatic carbocycles. The molecule has 29 heavy (non-hydrogen) atoms. The molecular formula is C22H23N5OS. The van der Waals surface area contributed by atoms with Gasteiger partial charge in [0.05, 0.1) is 22.4 Å². The number of nitrogens with one attached hydrogen (secondary N) is 1. The molecule has 0 saturated carbocycles. The van der Waals surface area contributed by atoms with Gasteiger partial charge in [-0.15, -0.1) is 11.3 Å². The van der Waals surface area contributed by atoms with Gasteiger partial charge in [-0.05, 0) is 44.9 Å². The molecule has 148 valence electrons. The van der Waals surface area contributed by atoms with E-state index in [1.54, 1.807) is 17.4 Å². The standard InChI is InChI=1S/C22H23N5OS/c1-14-12-27-19(15(2)23-22(27)29-14)9-10-20(28)26-11-5-6-16(13-26)21-24-17-7-3-4-8-18(17)25-21/h3-4,7-10,12,16H,5-6,11,13H2,1-2H3,(H,24,25)/b10-9+. The SMILES string of the molecule is Cc1cn2c(/C=C/C(=O)N3CCCC(c4nc5ccccc5[nH]4)C3)c(C)nc2s1. The van der Waals surface area contributed by atoms with Crippen LogP contribution in [0.3, 0.4) is 0 Å². The number of hydrogen-bond acceptors (Lipinski definition) is 4. The third-order valence-corrected chi connectivity index (χ3v) is 6.47. The smallest absolute Gasteiger partial charge is 0.246 e. The molecule has 0 bridgehead atoms. The van der Waals surface area contributed by atoms with Crippen molar-refractivity contribution in [2.24, 2.45) is 0 Å². The molecule has 1 N–H and O–H groups in total. The largest absolute Gasteiger partial charge is 0.342 e. The number of imidazole rings is 2. The molecule has 0 aliphatic carbocycles. The Balaban J connectivity index is 1.34. The van der Waals surface area contributed by atoms with Crippen molar-refractivity contribution in [1.29, 1.82) is 0 Å². The molecule has 4 heterocycles. The second-order valence-electron chi connectivity index (χ2n) is 7.67. The van der Waals surface area contributed by atoms with E-state index >= 15 is 0 Å². The zero-order chi connectivity index (χ0) is 20.0. The summed E-state index contributed by atoms with van der Waals surface area (Å²) in [6, 6.07) is 8.07. The number of likely N-dealkylation sites (tertiary alicyclic amines) is 1. The summed E-state index contributed by atoms with van der Waals surface area (Å²) in [6.45, 7) is 5.54. The van der Waals surface area contributed by atoms with E-state index in [-0.39, 0.29) is 11.8 Å². The van der Waals surface area contributed by atoms with Crippen molar-refractivity contribution in [3.8, 4) is 0 Å². The molecule has 5 rings (SSSR count). The number of nitrogens with zero attached hydrogens (tertiary/aromatic N) is 4. The van der Waals surface area contributed by atoms with Gasteiger partial charge >= 0.3 is 0 Å². The second-order valence-corrected chi connectivity index (χ2v) is 8.89. The maximum Gasteiger partial charge on any atom is 0.246 e. The Kier molecular flexibility index (Phi) is 4.47. The van der Waals surface area contributed by atoms with Gasteiger partial charge in [0.1, 0.15) is 5.82 Å². The van der Waals surface area contributed by atoms with Gasteiger partial charge in [-0.1, -0.05) is 12.1 Å². The van der Waals surface area contributed by atoms with E-state index in [1.807, 2.05) is 42.2 Å². The number of hydrogen-bond donors (Lipinski definition) is 1. The van der Waals surface area contributed by atoms with Crippen LogP contribution in [0.4, 0.5) is 0 Å². The fourth-order valence-electron chi connectivity index (χ4n) is 4.10. The van der Waals surface area contributed by atoms with Crippen molar-refractivity contribution >= 4 is 39.3 Å². The van der Waals surface area contributed by atoms with Crippen LogP contribution in [0.2, 0.25) is 0 Å². The van der Waals surface area contributed by atoms with Crippen molar-refractivity contribution in [3.05, 3.63) is 58.6 Å². The summed E-state index contributed by atoms with van der Waals surface area (Å²) in [5.74, 6) is 1.28. The average Bonchev–Trinajstić information content (AvgIpc) is 3.38. The number of aryl methyl sites for hydroxylation is 2. The molecule has 7 heteroatoms. The molecule has 1 saturated heterocycles. The molecule has 6 nitrogen and oxygen atoms in total. The molecule has 1 fully saturated rings. The third-order valence-electron chi connectivity index (χ3n) is 5.57. The Morgan fingerprint density at radius 1 is 1.28 bits per heavy atom. The normalized spacial score (nSPS) is 17.7. The number of H-pyrrole nitrogens is 1. The van der Waals surface area contributed by atoms with Crippen LogP contribution in [0.25, 0.3) is 22.1 Å². The number of amides is 1. The van der Waals surface area contributed by atoms with Crippen LogP contribution in [0.15, 0.2) is 36.5 Å². The molecular weight excluding hydrogens is 382 g/mol. The fraction of sp³-hybridized carbons (Fsp3) is 0.318. The monoisotopic (exact) mass is 405 g/mol. The summed E-state index contributed by atoms with van der Waals surface area (Å²) in [5, 5.41) is 0. The predicted octanol–water partition coefficient (Wildman–Crippen LogP) is 4.31. The minimum atomic E-state index is 0.0483. The minimum absolute atomic E-state index is 0.0483. The first kappa shape index (κ1) is 18.1. The van der Waals surface area contributed by atoms with E-state index in [9.17, 15) is 4.79 Å². The number of rotatable bonds is 3. The topological polar surface area (TPSA) is 66.3 Å². The Labute approximate surface area is 172 Å². The van der Waals surface area contributed by atoms with Crippen molar-refractivity contribution in [3.63, 3.8) is 0 Å². The Morgan fingerprint density at radius 2 is 2.14 bits per heavy atom. The lowest BCUT2D eigenvalue weighted by Gasteiger charge is -2.31. The number of aromatic nitrogens is 4. The number of piperidine rings is 1. The van der Waals surface area contributed by atoms with Crippen LogP contribution in [-0.4, -0.2) is 43.2 Å². The van der Waals surface area contributed by atoms with E-state index in [0.717, 1.165) is 52.6 Å². The van der Waals surface area contributed by atoms with Gasteiger partial charge < -0.3 is 9.88 Å². The molecule has 0 spiro atoms. The van der Waals surface area contributed by atoms with Crippen LogP contribution >= 0.6 is 11.3 Å². The second kappa shape index (κ2) is 7.15. The zero-order valence-electron chi connectivity index (χ0n) is 16.6. The van der Waals surface area contributed by atoms with Crippen molar-refractivity contribution in [2.75, 3.05) is 13.1 Å². The van der Waals surface area contributed by atoms with E-state index in [4.69, 9.17) is 4.98 Å². The first-order chi connectivity index (χ1) is 14.1. The van der Waals surface area contributed by atoms with Crippen molar-refractivity contribution in [1.82, 2.24) is 24.3 Å². The summed E-state index contributed by atoms with van der Waals surface area (Å²) in [4.78, 5) is 29.7. The maximum atomic E-state index is 12.9. The van der Waals surface area contributed by atoms with Gasteiger partial charge in [-0.25, -0.2) is 9.97 Å². The van der Waals surface area contributed by atoms with E-state index in [0.29, 0.717) is 6.54 Å². The Hall–Kier alpha value is -2.93. The van der Waals surface area contributed by atoms with Gasteiger partial charge in [0, 0.05) is 36.2 Å². The number of fused-ring (bicyclic) bond motifs is 2. The van der Waals surface area contributed by atoms with E-state index in [1.165, 1.54) is 4.88 Å². The molecule has 1 amide bonds. The van der Waals surface area contributed by atoms with E-state index in [2.05, 4.69) is 27.5 Å². The van der Waals surface area contributed by atoms with Crippen LogP contribution in [0.5, 0.6) is 0 Å². The highest BCUT2D eigenvalue weighted by Crippen LogP contribution is 2.27. The molecule has 1 unspecified atom stereocenters. The summed E-state index contributed by atoms with van der Waals surface area (Å²) in [6.07, 6.45) is 7.69.